The van der Waals surface area contributed by atoms with E-state index in [4.69, 9.17) is 15.4 Å². The molecule has 0 unspecified atom stereocenters. The predicted octanol–water partition coefficient (Wildman–Crippen LogP) is 2.26. The van der Waals surface area contributed by atoms with Crippen molar-refractivity contribution in [1.82, 2.24) is 4.98 Å². The van der Waals surface area contributed by atoms with Crippen LogP contribution in [0.15, 0.2) is 11.1 Å². The molecule has 1 aromatic rings. The van der Waals surface area contributed by atoms with Gasteiger partial charge in [0.2, 0.25) is 0 Å². The number of halogens is 3. The molecule has 0 radical (unpaired) electrons. The Bertz CT molecular complexity index is 504. The average Bonchev–Trinajstić information content (AvgIpc) is 2.15. The van der Waals surface area contributed by atoms with E-state index in [1.54, 1.807) is 0 Å². The fourth-order valence-corrected chi connectivity index (χ4v) is 1.82. The molecule has 16 heavy (non-hydrogen) atoms. The summed E-state index contributed by atoms with van der Waals surface area (Å²) in [6.45, 7) is 1.36. The van der Waals surface area contributed by atoms with E-state index in [2.05, 4.69) is 4.98 Å². The highest BCUT2D eigenvalue weighted by Gasteiger charge is 2.22. The number of pyridine rings is 1. The Morgan fingerprint density at radius 1 is 1.50 bits per heavy atom. The van der Waals surface area contributed by atoms with Gasteiger partial charge in [-0.05, 0) is 6.92 Å². The van der Waals surface area contributed by atoms with Crippen LogP contribution < -0.4 is 4.74 Å². The van der Waals surface area contributed by atoms with Crippen molar-refractivity contribution in [2.45, 2.75) is 18.4 Å². The predicted molar refractivity (Wildman–Crippen MR) is 53.5 cm³/mol. The highest BCUT2D eigenvalue weighted by Crippen LogP contribution is 2.30. The van der Waals surface area contributed by atoms with Gasteiger partial charge in [0.15, 0.2) is 5.03 Å². The molecule has 0 aliphatic carbocycles. The minimum absolute atomic E-state index is 0.00419. The molecule has 0 amide bonds. The number of aromatic nitrogens is 1. The number of alkyl halides is 2. The Hall–Kier alpha value is -0.950. The van der Waals surface area contributed by atoms with E-state index >= 15 is 0 Å². The Balaban J connectivity index is 3.53. The van der Waals surface area contributed by atoms with Gasteiger partial charge in [0.25, 0.3) is 15.5 Å². The van der Waals surface area contributed by atoms with Crippen LogP contribution in [0.3, 0.4) is 0 Å². The zero-order chi connectivity index (χ0) is 12.5. The lowest BCUT2D eigenvalue weighted by Crippen LogP contribution is -2.04. The maximum Gasteiger partial charge on any atom is 0.280 e. The Morgan fingerprint density at radius 2 is 2.06 bits per heavy atom. The zero-order valence-corrected chi connectivity index (χ0v) is 9.94. The number of rotatable bonds is 3. The molecule has 0 N–H and O–H groups in total. The quantitative estimate of drug-likeness (QED) is 0.792. The van der Waals surface area contributed by atoms with E-state index in [1.165, 1.54) is 14.0 Å². The Labute approximate surface area is 95.6 Å². The summed E-state index contributed by atoms with van der Waals surface area (Å²) in [7, 11) is 2.10. The molecule has 0 saturated carbocycles. The van der Waals surface area contributed by atoms with Crippen LogP contribution >= 0.6 is 10.7 Å². The smallest absolute Gasteiger partial charge is 0.280 e. The molecule has 90 valence electrons. The number of hydrogen-bond acceptors (Lipinski definition) is 4. The largest absolute Gasteiger partial charge is 0.496 e. The molecule has 1 aromatic heterocycles. The Morgan fingerprint density at radius 3 is 2.44 bits per heavy atom. The second kappa shape index (κ2) is 4.50. The van der Waals surface area contributed by atoms with Crippen molar-refractivity contribution in [2.24, 2.45) is 0 Å². The van der Waals surface area contributed by atoms with Gasteiger partial charge < -0.3 is 4.74 Å². The molecular formula is C8H8ClF2NO3S. The first-order valence-corrected chi connectivity index (χ1v) is 6.36. The van der Waals surface area contributed by atoms with E-state index in [1.807, 2.05) is 0 Å². The highest BCUT2D eigenvalue weighted by molar-refractivity contribution is 8.13. The van der Waals surface area contributed by atoms with E-state index in [0.717, 1.165) is 6.07 Å². The summed E-state index contributed by atoms with van der Waals surface area (Å²) in [5.74, 6) is 0.00419. The summed E-state index contributed by atoms with van der Waals surface area (Å²) in [5.41, 5.74) is -0.569. The summed E-state index contributed by atoms with van der Waals surface area (Å²) in [5, 5.41) is -0.646. The van der Waals surface area contributed by atoms with E-state index in [0.29, 0.717) is 0 Å². The molecule has 1 rings (SSSR count). The minimum atomic E-state index is -4.16. The molecule has 0 saturated heterocycles. The second-order valence-corrected chi connectivity index (χ2v) is 5.42. The highest BCUT2D eigenvalue weighted by atomic mass is 35.7. The fraction of sp³-hybridized carbons (Fsp3) is 0.375. The molecule has 0 bridgehead atoms. The summed E-state index contributed by atoms with van der Waals surface area (Å²) >= 11 is 0. The molecule has 4 nitrogen and oxygen atoms in total. The maximum absolute atomic E-state index is 12.6. The zero-order valence-electron chi connectivity index (χ0n) is 8.37. The lowest BCUT2D eigenvalue weighted by atomic mass is 10.2. The molecular weight excluding hydrogens is 264 g/mol. The topological polar surface area (TPSA) is 56.3 Å². The van der Waals surface area contributed by atoms with E-state index < -0.39 is 26.2 Å². The molecule has 8 heteroatoms. The van der Waals surface area contributed by atoms with Crippen molar-refractivity contribution < 1.29 is 21.9 Å². The van der Waals surface area contributed by atoms with Gasteiger partial charge in [0.05, 0.1) is 7.11 Å². The number of ether oxygens (including phenoxy) is 1. The van der Waals surface area contributed by atoms with Crippen LogP contribution in [0.5, 0.6) is 5.75 Å². The maximum atomic E-state index is 12.6. The summed E-state index contributed by atoms with van der Waals surface area (Å²) in [4.78, 5) is 3.30. The number of hydrogen-bond donors (Lipinski definition) is 0. The Kier molecular flexibility index (Phi) is 3.69. The van der Waals surface area contributed by atoms with Gasteiger partial charge in [-0.15, -0.1) is 0 Å². The third-order valence-corrected chi connectivity index (χ3v) is 3.10. The van der Waals surface area contributed by atoms with E-state index in [9.17, 15) is 17.2 Å². The third kappa shape index (κ3) is 2.59. The lowest BCUT2D eigenvalue weighted by molar-refractivity contribution is 0.144. The molecule has 0 atom stereocenters. The fourth-order valence-electron chi connectivity index (χ4n) is 1.13. The third-order valence-electron chi connectivity index (χ3n) is 1.92. The van der Waals surface area contributed by atoms with Crippen LogP contribution in [-0.2, 0) is 9.05 Å². The molecule has 0 spiro atoms. The molecule has 0 fully saturated rings. The van der Waals surface area contributed by atoms with Crippen molar-refractivity contribution in [3.05, 3.63) is 17.3 Å². The van der Waals surface area contributed by atoms with Crippen LogP contribution in [0.1, 0.15) is 17.7 Å². The van der Waals surface area contributed by atoms with Crippen molar-refractivity contribution in [3.8, 4) is 5.75 Å². The van der Waals surface area contributed by atoms with Gasteiger partial charge in [0, 0.05) is 22.3 Å². The van der Waals surface area contributed by atoms with E-state index in [-0.39, 0.29) is 11.3 Å². The summed E-state index contributed by atoms with van der Waals surface area (Å²) in [6, 6.07) is 1.00. The first-order chi connectivity index (χ1) is 7.27. The van der Waals surface area contributed by atoms with Gasteiger partial charge in [-0.25, -0.2) is 22.2 Å². The standard InChI is InChI=1S/C8H8ClF2NO3S/c1-4-5(15-2)3-6(16(9,13)14)12-7(4)8(10)11/h3,8H,1-2H3. The molecule has 0 aliphatic rings. The average molecular weight is 272 g/mol. The van der Waals surface area contributed by atoms with Crippen LogP contribution in [0.2, 0.25) is 0 Å². The first-order valence-electron chi connectivity index (χ1n) is 4.05. The van der Waals surface area contributed by atoms with Gasteiger partial charge in [-0.2, -0.15) is 0 Å². The lowest BCUT2D eigenvalue weighted by Gasteiger charge is -2.10. The van der Waals surface area contributed by atoms with Crippen molar-refractivity contribution in [1.29, 1.82) is 0 Å². The SMILES string of the molecule is COc1cc(S(=O)(=O)Cl)nc(C(F)F)c1C. The van der Waals surface area contributed by atoms with Crippen molar-refractivity contribution in [3.63, 3.8) is 0 Å². The van der Waals surface area contributed by atoms with Gasteiger partial charge >= 0.3 is 0 Å². The summed E-state index contributed by atoms with van der Waals surface area (Å²) in [6.07, 6.45) is -2.90. The molecule has 0 aromatic carbocycles. The van der Waals surface area contributed by atoms with Crippen LogP contribution in [0, 0.1) is 6.92 Å². The van der Waals surface area contributed by atoms with Crippen molar-refractivity contribution in [2.75, 3.05) is 7.11 Å². The molecule has 1 heterocycles. The van der Waals surface area contributed by atoms with Crippen LogP contribution in [-0.4, -0.2) is 20.5 Å². The number of methoxy groups -OCH3 is 1. The second-order valence-electron chi connectivity index (χ2n) is 2.91. The first kappa shape index (κ1) is 13.1. The minimum Gasteiger partial charge on any atom is -0.496 e. The monoisotopic (exact) mass is 271 g/mol. The van der Waals surface area contributed by atoms with Crippen molar-refractivity contribution >= 4 is 19.7 Å². The van der Waals surface area contributed by atoms with Gasteiger partial charge in [-0.1, -0.05) is 0 Å². The van der Waals surface area contributed by atoms with Gasteiger partial charge in [-0.3, -0.25) is 0 Å². The summed E-state index contributed by atoms with van der Waals surface area (Å²) < 4.78 is 51.9. The van der Waals surface area contributed by atoms with Gasteiger partial charge in [0.1, 0.15) is 11.4 Å². The normalized spacial score (nSPS) is 11.9. The number of nitrogens with zero attached hydrogens (tertiary/aromatic N) is 1. The molecule has 0 aliphatic heterocycles. The van der Waals surface area contributed by atoms with Crippen LogP contribution in [0.25, 0.3) is 0 Å². The van der Waals surface area contributed by atoms with Crippen LogP contribution in [0.4, 0.5) is 8.78 Å².